The Kier molecular flexibility index (Phi) is 3.26. The molecule has 0 amide bonds. The van der Waals surface area contributed by atoms with Gasteiger partial charge in [0.05, 0.1) is 5.75 Å². The van der Waals surface area contributed by atoms with Gasteiger partial charge in [0.1, 0.15) is 5.82 Å². The molecular formula is C16H16N4OS. The van der Waals surface area contributed by atoms with Gasteiger partial charge in [0.2, 0.25) is 0 Å². The normalized spacial score (nSPS) is 14.6. The summed E-state index contributed by atoms with van der Waals surface area (Å²) in [5.41, 5.74) is 1.73. The number of carbonyl (C=O) groups is 1. The number of rotatable bonds is 5. The van der Waals surface area contributed by atoms with Gasteiger partial charge in [-0.2, -0.15) is 0 Å². The molecule has 0 radical (unpaired) electrons. The minimum Gasteiger partial charge on any atom is -0.360 e. The minimum absolute atomic E-state index is 0.110. The second-order valence-electron chi connectivity index (χ2n) is 5.63. The van der Waals surface area contributed by atoms with Gasteiger partial charge in [0, 0.05) is 35.6 Å². The smallest absolute Gasteiger partial charge is 0.191 e. The fourth-order valence-corrected chi connectivity index (χ4v) is 3.46. The first-order valence-corrected chi connectivity index (χ1v) is 8.34. The summed E-state index contributed by atoms with van der Waals surface area (Å²) in [4.78, 5) is 15.6. The Morgan fingerprint density at radius 3 is 3.00 bits per heavy atom. The third-order valence-electron chi connectivity index (χ3n) is 4.03. The van der Waals surface area contributed by atoms with Crippen molar-refractivity contribution in [3.05, 3.63) is 41.9 Å². The van der Waals surface area contributed by atoms with E-state index in [0.29, 0.717) is 11.7 Å². The van der Waals surface area contributed by atoms with Gasteiger partial charge >= 0.3 is 0 Å². The van der Waals surface area contributed by atoms with E-state index in [0.717, 1.165) is 27.4 Å². The van der Waals surface area contributed by atoms with E-state index < -0.39 is 0 Å². The molecule has 0 saturated heterocycles. The molecule has 1 aliphatic carbocycles. The van der Waals surface area contributed by atoms with Crippen molar-refractivity contribution in [3.63, 3.8) is 0 Å². The lowest BCUT2D eigenvalue weighted by molar-refractivity contribution is 0.102. The summed E-state index contributed by atoms with van der Waals surface area (Å²) in [6, 6.07) is 7.85. The van der Waals surface area contributed by atoms with Gasteiger partial charge in [-0.1, -0.05) is 30.0 Å². The fourth-order valence-electron chi connectivity index (χ4n) is 2.66. The number of aromatic nitrogens is 4. The van der Waals surface area contributed by atoms with Gasteiger partial charge in [-0.15, -0.1) is 10.2 Å². The highest BCUT2D eigenvalue weighted by atomic mass is 32.2. The molecule has 6 heteroatoms. The van der Waals surface area contributed by atoms with Gasteiger partial charge in [-0.05, 0) is 18.9 Å². The number of hydrogen-bond donors (Lipinski definition) is 1. The SMILES string of the molecule is Cn1c(SCC(=O)c2c[nH]c3ccccc23)nnc1C1CC1. The van der Waals surface area contributed by atoms with Crippen molar-refractivity contribution in [3.8, 4) is 0 Å². The van der Waals surface area contributed by atoms with Gasteiger partial charge in [-0.25, -0.2) is 0 Å². The molecule has 112 valence electrons. The summed E-state index contributed by atoms with van der Waals surface area (Å²) in [6.07, 6.45) is 4.19. The highest BCUT2D eigenvalue weighted by Crippen LogP contribution is 2.39. The van der Waals surface area contributed by atoms with Crippen molar-refractivity contribution in [2.75, 3.05) is 5.75 Å². The number of benzene rings is 1. The van der Waals surface area contributed by atoms with Crippen molar-refractivity contribution in [2.45, 2.75) is 23.9 Å². The molecule has 5 nitrogen and oxygen atoms in total. The van der Waals surface area contributed by atoms with E-state index in [9.17, 15) is 4.79 Å². The van der Waals surface area contributed by atoms with E-state index in [-0.39, 0.29) is 5.78 Å². The molecule has 1 fully saturated rings. The van der Waals surface area contributed by atoms with E-state index >= 15 is 0 Å². The Morgan fingerprint density at radius 2 is 2.18 bits per heavy atom. The lowest BCUT2D eigenvalue weighted by atomic mass is 10.1. The van der Waals surface area contributed by atoms with Crippen LogP contribution >= 0.6 is 11.8 Å². The van der Waals surface area contributed by atoms with Crippen molar-refractivity contribution < 1.29 is 4.79 Å². The molecule has 3 aromatic rings. The molecule has 1 aliphatic rings. The quantitative estimate of drug-likeness (QED) is 0.580. The van der Waals surface area contributed by atoms with Gasteiger partial charge < -0.3 is 9.55 Å². The van der Waals surface area contributed by atoms with Crippen LogP contribution in [-0.2, 0) is 7.05 Å². The number of nitrogens with zero attached hydrogens (tertiary/aromatic N) is 3. The fraction of sp³-hybridized carbons (Fsp3) is 0.312. The van der Waals surface area contributed by atoms with Crippen molar-refractivity contribution in [1.82, 2.24) is 19.7 Å². The first kappa shape index (κ1) is 13.6. The number of hydrogen-bond acceptors (Lipinski definition) is 4. The van der Waals surface area contributed by atoms with Gasteiger partial charge in [0.25, 0.3) is 0 Å². The number of carbonyl (C=O) groups excluding carboxylic acids is 1. The zero-order valence-corrected chi connectivity index (χ0v) is 13.1. The lowest BCUT2D eigenvalue weighted by Crippen LogP contribution is -2.03. The van der Waals surface area contributed by atoms with Crippen LogP contribution in [0, 0.1) is 0 Å². The van der Waals surface area contributed by atoms with Crippen LogP contribution in [0.25, 0.3) is 10.9 Å². The first-order chi connectivity index (χ1) is 10.7. The molecule has 4 rings (SSSR count). The molecule has 2 aromatic heterocycles. The lowest BCUT2D eigenvalue weighted by Gasteiger charge is -2.02. The molecule has 2 heterocycles. The standard InChI is InChI=1S/C16H16N4OS/c1-20-15(10-6-7-10)18-19-16(20)22-9-14(21)12-8-17-13-5-3-2-4-11(12)13/h2-5,8,10,17H,6-7,9H2,1H3. The predicted molar refractivity (Wildman–Crippen MR) is 86.3 cm³/mol. The third-order valence-corrected chi connectivity index (χ3v) is 5.05. The molecule has 0 unspecified atom stereocenters. The molecule has 0 atom stereocenters. The number of Topliss-reactive ketones (excluding diaryl/α,β-unsaturated/α-hetero) is 1. The summed E-state index contributed by atoms with van der Waals surface area (Å²) in [5, 5.41) is 10.2. The molecule has 0 bridgehead atoms. The highest BCUT2D eigenvalue weighted by Gasteiger charge is 2.29. The van der Waals surface area contributed by atoms with E-state index in [1.807, 2.05) is 35.9 Å². The van der Waals surface area contributed by atoms with E-state index in [2.05, 4.69) is 15.2 Å². The van der Waals surface area contributed by atoms with Crippen LogP contribution in [0.5, 0.6) is 0 Å². The minimum atomic E-state index is 0.110. The predicted octanol–water partition coefficient (Wildman–Crippen LogP) is 3.15. The Labute approximate surface area is 132 Å². The number of H-pyrrole nitrogens is 1. The second-order valence-corrected chi connectivity index (χ2v) is 6.58. The first-order valence-electron chi connectivity index (χ1n) is 7.35. The summed E-state index contributed by atoms with van der Waals surface area (Å²) < 4.78 is 2.02. The van der Waals surface area contributed by atoms with Crippen molar-refractivity contribution in [1.29, 1.82) is 0 Å². The molecule has 22 heavy (non-hydrogen) atoms. The van der Waals surface area contributed by atoms with E-state index in [1.165, 1.54) is 24.6 Å². The topological polar surface area (TPSA) is 63.6 Å². The number of ketones is 1. The Morgan fingerprint density at radius 1 is 1.36 bits per heavy atom. The van der Waals surface area contributed by atoms with E-state index in [1.54, 1.807) is 6.20 Å². The Bertz CT molecular complexity index is 847. The van der Waals surface area contributed by atoms with E-state index in [4.69, 9.17) is 0 Å². The van der Waals surface area contributed by atoms with Crippen LogP contribution in [0.4, 0.5) is 0 Å². The highest BCUT2D eigenvalue weighted by molar-refractivity contribution is 7.99. The van der Waals surface area contributed by atoms with Crippen LogP contribution in [0.1, 0.15) is 34.9 Å². The number of para-hydroxylation sites is 1. The molecule has 0 aliphatic heterocycles. The maximum Gasteiger partial charge on any atom is 0.191 e. The van der Waals surface area contributed by atoms with Crippen LogP contribution in [0.3, 0.4) is 0 Å². The number of aromatic amines is 1. The molecular weight excluding hydrogens is 296 g/mol. The summed E-state index contributed by atoms with van der Waals surface area (Å²) in [7, 11) is 1.98. The van der Waals surface area contributed by atoms with Crippen molar-refractivity contribution in [2.24, 2.45) is 7.05 Å². The average Bonchev–Trinajstić information content (AvgIpc) is 3.17. The Balaban J connectivity index is 1.50. The van der Waals surface area contributed by atoms with Crippen LogP contribution in [0.2, 0.25) is 0 Å². The third kappa shape index (κ3) is 2.33. The maximum atomic E-state index is 12.5. The average molecular weight is 312 g/mol. The van der Waals surface area contributed by atoms with Crippen LogP contribution in [-0.4, -0.2) is 31.3 Å². The molecule has 1 N–H and O–H groups in total. The molecule has 1 aromatic carbocycles. The Hall–Kier alpha value is -2.08. The summed E-state index contributed by atoms with van der Waals surface area (Å²) in [6.45, 7) is 0. The van der Waals surface area contributed by atoms with Gasteiger partial charge in [-0.3, -0.25) is 4.79 Å². The zero-order chi connectivity index (χ0) is 15.1. The summed E-state index contributed by atoms with van der Waals surface area (Å²) >= 11 is 1.45. The monoisotopic (exact) mass is 312 g/mol. The molecule has 1 saturated carbocycles. The number of nitrogens with one attached hydrogen (secondary N) is 1. The van der Waals surface area contributed by atoms with Crippen molar-refractivity contribution >= 4 is 28.4 Å². The second kappa shape index (κ2) is 5.28. The van der Waals surface area contributed by atoms with Crippen LogP contribution < -0.4 is 0 Å². The van der Waals surface area contributed by atoms with Crippen LogP contribution in [0.15, 0.2) is 35.6 Å². The zero-order valence-electron chi connectivity index (χ0n) is 12.2. The number of thioether (sulfide) groups is 1. The maximum absolute atomic E-state index is 12.5. The molecule has 0 spiro atoms. The summed E-state index contributed by atoms with van der Waals surface area (Å²) in [5.74, 6) is 2.09. The van der Waals surface area contributed by atoms with Gasteiger partial charge in [0.15, 0.2) is 10.9 Å². The number of fused-ring (bicyclic) bond motifs is 1. The largest absolute Gasteiger partial charge is 0.360 e.